The van der Waals surface area contributed by atoms with Crippen molar-refractivity contribution < 1.29 is 76.6 Å². The van der Waals surface area contributed by atoms with E-state index in [1.807, 2.05) is 121 Å². The lowest BCUT2D eigenvalue weighted by molar-refractivity contribution is -0.361. The monoisotopic (exact) mass is 1040 g/mol. The van der Waals surface area contributed by atoms with Crippen molar-refractivity contribution in [2.75, 3.05) is 27.9 Å². The summed E-state index contributed by atoms with van der Waals surface area (Å²) in [7, 11) is 3.55. The second-order valence-corrected chi connectivity index (χ2v) is 18.2. The van der Waals surface area contributed by atoms with Gasteiger partial charge in [-0.1, -0.05) is 132 Å². The van der Waals surface area contributed by atoms with Crippen LogP contribution < -0.4 is 0 Å². The van der Waals surface area contributed by atoms with Gasteiger partial charge >= 0.3 is 11.9 Å². The first-order chi connectivity index (χ1) is 36.5. The maximum atomic E-state index is 13.7. The fraction of sp³-hybridized carbons (Fsp3) is 0.509. The average Bonchev–Trinajstić information content (AvgIpc) is 3.44. The molecule has 3 heterocycles. The van der Waals surface area contributed by atoms with Crippen LogP contribution in [0.2, 0.25) is 0 Å². The molecular weight excluding hydrogens is 977 g/mol. The van der Waals surface area contributed by atoms with Gasteiger partial charge < -0.3 is 67.1 Å². The Bertz CT molecular complexity index is 2480. The normalized spacial score (nSPS) is 30.4. The van der Waals surface area contributed by atoms with Crippen molar-refractivity contribution in [2.24, 2.45) is 22.1 Å². The van der Waals surface area contributed by atoms with Gasteiger partial charge in [-0.25, -0.2) is 0 Å². The number of carbonyl (C=O) groups excluding carboxylic acids is 2. The van der Waals surface area contributed by atoms with Gasteiger partial charge in [0, 0.05) is 16.9 Å². The third kappa shape index (κ3) is 14.5. The van der Waals surface area contributed by atoms with E-state index < -0.39 is 122 Å². The van der Waals surface area contributed by atoms with Crippen LogP contribution in [0.4, 0.5) is 0 Å². The Labute approximate surface area is 434 Å². The summed E-state index contributed by atoms with van der Waals surface area (Å²) in [4.78, 5) is 33.2. The maximum Gasteiger partial charge on any atom is 0.315 e. The zero-order valence-corrected chi connectivity index (χ0v) is 42.2. The van der Waals surface area contributed by atoms with E-state index in [1.54, 1.807) is 13.8 Å². The molecular formula is C53H64N6O16. The molecule has 3 saturated heterocycles. The minimum atomic E-state index is -1.75. The topological polar surface area (TPSA) is 283 Å². The maximum absolute atomic E-state index is 13.7. The van der Waals surface area contributed by atoms with Crippen molar-refractivity contribution >= 4 is 11.9 Å². The highest BCUT2D eigenvalue weighted by Crippen LogP contribution is 2.40. The van der Waals surface area contributed by atoms with Gasteiger partial charge in [-0.15, -0.1) is 0 Å². The Morgan fingerprint density at radius 3 is 1.27 bits per heavy atom. The predicted octanol–water partition coefficient (Wildman–Crippen LogP) is 6.25. The molecule has 3 aliphatic heterocycles. The molecule has 0 saturated carbocycles. The van der Waals surface area contributed by atoms with Gasteiger partial charge in [0.15, 0.2) is 18.9 Å². The smallest absolute Gasteiger partial charge is 0.315 e. The number of nitrogens with zero attached hydrogens (tertiary/aromatic N) is 6. The summed E-state index contributed by atoms with van der Waals surface area (Å²) in [5.41, 5.74) is 22.9. The molecule has 4 aromatic rings. The Kier molecular flexibility index (Phi) is 21.3. The van der Waals surface area contributed by atoms with E-state index in [0.29, 0.717) is 0 Å². The number of aliphatic hydroxyl groups is 2. The summed E-state index contributed by atoms with van der Waals surface area (Å²) >= 11 is 0. The predicted molar refractivity (Wildman–Crippen MR) is 264 cm³/mol. The fourth-order valence-electron chi connectivity index (χ4n) is 9.57. The van der Waals surface area contributed by atoms with Crippen LogP contribution in [0.25, 0.3) is 20.9 Å². The van der Waals surface area contributed by atoms with Gasteiger partial charge in [0.1, 0.15) is 48.7 Å². The zero-order valence-electron chi connectivity index (χ0n) is 42.2. The van der Waals surface area contributed by atoms with Gasteiger partial charge in [-0.2, -0.15) is 0 Å². The van der Waals surface area contributed by atoms with Crippen molar-refractivity contribution in [3.8, 4) is 0 Å². The second-order valence-electron chi connectivity index (χ2n) is 18.2. The molecule has 7 rings (SSSR count). The lowest BCUT2D eigenvalue weighted by atomic mass is 9.84. The summed E-state index contributed by atoms with van der Waals surface area (Å²) in [5.74, 6) is -4.42. The van der Waals surface area contributed by atoms with E-state index in [4.69, 9.17) is 56.8 Å². The molecule has 0 radical (unpaired) electrons. The number of hydrogen-bond donors (Lipinski definition) is 2. The highest BCUT2D eigenvalue weighted by Gasteiger charge is 2.56. The molecule has 3 fully saturated rings. The van der Waals surface area contributed by atoms with Crippen LogP contribution in [-0.4, -0.2) is 142 Å². The van der Waals surface area contributed by atoms with Crippen molar-refractivity contribution in [3.63, 3.8) is 0 Å². The summed E-state index contributed by atoms with van der Waals surface area (Å²) in [6, 6.07) is 34.0. The first-order valence-corrected chi connectivity index (χ1v) is 24.5. The Balaban J connectivity index is 1.19. The zero-order chi connectivity index (χ0) is 53.3. The summed E-state index contributed by atoms with van der Waals surface area (Å²) < 4.78 is 74.3. The van der Waals surface area contributed by atoms with Crippen LogP contribution in [0.15, 0.2) is 132 Å². The minimum absolute atomic E-state index is 0.0158. The Morgan fingerprint density at radius 2 is 0.893 bits per heavy atom. The van der Waals surface area contributed by atoms with Crippen LogP contribution in [0.3, 0.4) is 0 Å². The van der Waals surface area contributed by atoms with E-state index in [2.05, 4.69) is 20.1 Å². The van der Waals surface area contributed by atoms with Crippen molar-refractivity contribution in [3.05, 3.63) is 164 Å². The molecule has 0 aliphatic carbocycles. The Morgan fingerprint density at radius 1 is 0.520 bits per heavy atom. The molecule has 3 aliphatic rings. The van der Waals surface area contributed by atoms with E-state index in [9.17, 15) is 30.9 Å². The first-order valence-electron chi connectivity index (χ1n) is 24.5. The number of benzene rings is 4. The number of carbonyl (C=O) groups is 2. The molecule has 0 bridgehead atoms. The molecule has 17 atom stereocenters. The molecule has 402 valence electrons. The van der Waals surface area contributed by atoms with Crippen LogP contribution in [0.1, 0.15) is 36.1 Å². The van der Waals surface area contributed by atoms with Crippen molar-refractivity contribution in [1.82, 2.24) is 0 Å². The third-order valence-electron chi connectivity index (χ3n) is 13.4. The Hall–Kier alpha value is -6.04. The fourth-order valence-corrected chi connectivity index (χ4v) is 9.57. The van der Waals surface area contributed by atoms with Crippen molar-refractivity contribution in [1.29, 1.82) is 0 Å². The molecule has 22 nitrogen and oxygen atoms in total. The first kappa shape index (κ1) is 56.7. The van der Waals surface area contributed by atoms with E-state index in [1.165, 1.54) is 7.11 Å². The number of esters is 2. The highest BCUT2D eigenvalue weighted by atomic mass is 16.7. The number of aliphatic hydroxyl groups excluding tert-OH is 2. The molecule has 0 unspecified atom stereocenters. The molecule has 0 aromatic heterocycles. The van der Waals surface area contributed by atoms with E-state index in [0.717, 1.165) is 36.5 Å². The molecule has 0 amide bonds. The molecule has 0 spiro atoms. The van der Waals surface area contributed by atoms with E-state index >= 15 is 0 Å². The number of hydrogen-bond acceptors (Lipinski definition) is 18. The molecule has 4 aromatic carbocycles. The largest absolute Gasteiger partial charge is 0.469 e. The second kappa shape index (κ2) is 28.2. The number of ether oxygens (including phenoxy) is 12. The quantitative estimate of drug-likeness (QED) is 0.0339. The summed E-state index contributed by atoms with van der Waals surface area (Å²) in [6.07, 6.45) is -16.5. The van der Waals surface area contributed by atoms with E-state index in [-0.39, 0.29) is 26.4 Å². The lowest BCUT2D eigenvalue weighted by Gasteiger charge is -2.50. The van der Waals surface area contributed by atoms with Gasteiger partial charge in [-0.3, -0.25) is 9.59 Å². The number of rotatable bonds is 24. The van der Waals surface area contributed by atoms with Crippen molar-refractivity contribution in [2.45, 2.75) is 132 Å². The van der Waals surface area contributed by atoms with Crippen LogP contribution in [0.5, 0.6) is 0 Å². The average molecular weight is 1040 g/mol. The standard InChI is InChI=1S/C53H64N6O16/c1-31-44(67-26-33-18-10-6-11-19-33)46(69-28-35-22-14-8-15-23-35)38(40(56-58-54)49(62)64-3)51(72-31)71-30-37-42(60)48(43(61)53(66-5)74-37)75-52-39(41(57-59-55)50(63)65-4)47(70-29-36-24-16-9-17-25-36)45(32(2)73-52)68-27-34-20-12-7-13-21-34/h6-25,31-32,37-48,51-53,60-61H,26-30H2,1-5H3/t31-,32-,37+,38-,39-,40-,41-,42+,43+,44-,45-,46-,47-,48-,51-,52+,53-/m0/s1. The number of azide groups is 2. The van der Waals surface area contributed by atoms with Gasteiger partial charge in [-0.05, 0) is 47.2 Å². The third-order valence-corrected chi connectivity index (χ3v) is 13.4. The summed E-state index contributed by atoms with van der Waals surface area (Å²) in [6.45, 7) is 3.23. The van der Waals surface area contributed by atoms with Gasteiger partial charge in [0.05, 0.1) is 83.5 Å². The minimum Gasteiger partial charge on any atom is -0.469 e. The lowest BCUT2D eigenvalue weighted by Crippen LogP contribution is -2.65. The SMILES string of the molecule is COC(=O)[C@@H](N=[N+]=[N-])[C@@H]1[C@@H](OC[C@H]2O[C@H](OC)[C@H](O)[C@@H](O[C@H]3O[C@@H](C)[C@H](OCc4ccccc4)[C@@H](OCc4ccccc4)[C@@H]3[C@H](N=[N+]=[N-])C(=O)OC)[C@@H]2O)O[C@@H](C)[C@H](OCc2ccccc2)[C@H]1OCc1ccccc1. The van der Waals surface area contributed by atoms with Gasteiger partial charge in [0.25, 0.3) is 0 Å². The molecule has 2 N–H and O–H groups in total. The van der Waals surface area contributed by atoms with Crippen LogP contribution in [0, 0.1) is 11.8 Å². The highest BCUT2D eigenvalue weighted by molar-refractivity contribution is 5.77. The number of methoxy groups -OCH3 is 3. The van der Waals surface area contributed by atoms with Crippen LogP contribution in [-0.2, 0) is 92.9 Å². The van der Waals surface area contributed by atoms with Gasteiger partial charge in [0.2, 0.25) is 0 Å². The molecule has 22 heteroatoms. The van der Waals surface area contributed by atoms with Crippen LogP contribution >= 0.6 is 0 Å². The summed E-state index contributed by atoms with van der Waals surface area (Å²) in [5, 5.41) is 31.8. The molecule has 75 heavy (non-hydrogen) atoms.